The van der Waals surface area contributed by atoms with Crippen LogP contribution in [0.5, 0.6) is 0 Å². The molecule has 0 radical (unpaired) electrons. The fraction of sp³-hybridized carbons (Fsp3) is 0.300. The summed E-state index contributed by atoms with van der Waals surface area (Å²) in [5.74, 6) is -1.17. The molecule has 2 aliphatic rings. The van der Waals surface area contributed by atoms with E-state index in [0.717, 1.165) is 17.9 Å². The van der Waals surface area contributed by atoms with Gasteiger partial charge in [-0.25, -0.2) is 17.5 Å². The summed E-state index contributed by atoms with van der Waals surface area (Å²) in [7, 11) is -1.73. The Balaban J connectivity index is 1.46. The topological polar surface area (TPSA) is 142 Å². The van der Waals surface area contributed by atoms with Gasteiger partial charge in [-0.3, -0.25) is 4.79 Å². The Kier molecular flexibility index (Phi) is 8.17. The highest BCUT2D eigenvalue weighted by Gasteiger charge is 2.47. The van der Waals surface area contributed by atoms with Gasteiger partial charge < -0.3 is 20.6 Å². The summed E-state index contributed by atoms with van der Waals surface area (Å²) in [6.07, 6.45) is 4.25. The number of aromatic amines is 1. The van der Waals surface area contributed by atoms with Gasteiger partial charge in [0.25, 0.3) is 5.91 Å². The third-order valence-corrected chi connectivity index (χ3v) is 9.26. The molecule has 0 spiro atoms. The molecule has 224 valence electrons. The van der Waals surface area contributed by atoms with Crippen LogP contribution < -0.4 is 10.0 Å². The predicted octanol–water partition coefficient (Wildman–Crippen LogP) is 5.42. The standard InChI is InChI=1S/C30H29Cl2FN6O3S/c1-16-27(35)23(28(36-2)17-8-19(11-20(31)9-17)30(5-6-30)38-43(3,41)42)4-7-39(16)29(40)25-13-21(33)12-24(26(25)32)18-10-22(14-34)37-15-18/h8-13,15-16,35-38H,4-7H2,1-3H3/b28-23-,35-27?/t16-/m0/s1. The average molecular weight is 644 g/mol. The molecule has 1 aliphatic carbocycles. The number of aromatic nitrogens is 1. The number of benzene rings is 2. The van der Waals surface area contributed by atoms with Crippen LogP contribution in [0.25, 0.3) is 16.8 Å². The Labute approximate surface area is 259 Å². The molecule has 0 unspecified atom stereocenters. The van der Waals surface area contributed by atoms with Gasteiger partial charge in [0.2, 0.25) is 10.0 Å². The molecule has 43 heavy (non-hydrogen) atoms. The summed E-state index contributed by atoms with van der Waals surface area (Å²) in [6, 6.07) is 10.5. The SMILES string of the molecule is CN/C(=C1/CCN(C(=O)c2cc(F)cc(-c3c[nH]c(C#N)c3)c2Cl)[C@@H](C)C1=N)c1cc(Cl)cc(C2(NS(C)(=O)=O)CC2)c1. The smallest absolute Gasteiger partial charge is 0.256 e. The molecule has 5 rings (SSSR count). The lowest BCUT2D eigenvalue weighted by atomic mass is 9.89. The van der Waals surface area contributed by atoms with E-state index in [1.54, 1.807) is 26.1 Å². The normalized spacial score (nSPS) is 19.1. The van der Waals surface area contributed by atoms with Gasteiger partial charge >= 0.3 is 0 Å². The Hall–Kier alpha value is -3.69. The molecule has 1 aromatic heterocycles. The highest BCUT2D eigenvalue weighted by atomic mass is 35.5. The molecule has 1 aliphatic heterocycles. The van der Waals surface area contributed by atoms with Crippen LogP contribution in [-0.4, -0.2) is 55.8 Å². The lowest BCUT2D eigenvalue weighted by molar-refractivity contribution is 0.0728. The summed E-state index contributed by atoms with van der Waals surface area (Å²) in [4.78, 5) is 18.0. The van der Waals surface area contributed by atoms with Crippen molar-refractivity contribution in [3.05, 3.63) is 86.4 Å². The number of piperidine rings is 1. The van der Waals surface area contributed by atoms with Crippen LogP contribution in [0.1, 0.15) is 53.4 Å². The van der Waals surface area contributed by atoms with E-state index in [1.165, 1.54) is 23.2 Å². The average Bonchev–Trinajstić information content (AvgIpc) is 3.55. The largest absolute Gasteiger partial charge is 0.387 e. The van der Waals surface area contributed by atoms with E-state index in [4.69, 9.17) is 33.9 Å². The number of halogens is 3. The summed E-state index contributed by atoms with van der Waals surface area (Å²) in [6.45, 7) is 1.96. The summed E-state index contributed by atoms with van der Waals surface area (Å²) in [5, 5.41) is 21.8. The van der Waals surface area contributed by atoms with Gasteiger partial charge in [-0.05, 0) is 73.7 Å². The van der Waals surface area contributed by atoms with Crippen LogP contribution in [0.2, 0.25) is 10.0 Å². The van der Waals surface area contributed by atoms with Crippen molar-refractivity contribution >= 4 is 50.5 Å². The van der Waals surface area contributed by atoms with Crippen LogP contribution in [0.15, 0.2) is 48.2 Å². The molecular formula is C30H29Cl2FN6O3S. The van der Waals surface area contributed by atoms with Gasteiger partial charge in [-0.2, -0.15) is 5.26 Å². The monoisotopic (exact) mass is 642 g/mol. The first kappa shape index (κ1) is 30.8. The molecule has 2 fully saturated rings. The number of nitrogens with one attached hydrogen (secondary N) is 4. The van der Waals surface area contributed by atoms with Crippen LogP contribution in [0.4, 0.5) is 4.39 Å². The van der Waals surface area contributed by atoms with Crippen molar-refractivity contribution in [3.63, 3.8) is 0 Å². The minimum atomic E-state index is -3.46. The molecule has 1 saturated carbocycles. The zero-order valence-corrected chi connectivity index (χ0v) is 25.9. The first-order valence-electron chi connectivity index (χ1n) is 13.5. The van der Waals surface area contributed by atoms with Crippen LogP contribution in [0.3, 0.4) is 0 Å². The van der Waals surface area contributed by atoms with Gasteiger partial charge in [-0.15, -0.1) is 0 Å². The van der Waals surface area contributed by atoms with Crippen LogP contribution in [-0.2, 0) is 15.6 Å². The number of carbonyl (C=O) groups excluding carboxylic acids is 1. The predicted molar refractivity (Wildman–Crippen MR) is 165 cm³/mol. The van der Waals surface area contributed by atoms with E-state index in [0.29, 0.717) is 46.7 Å². The van der Waals surface area contributed by atoms with Crippen LogP contribution in [0, 0.1) is 22.6 Å². The van der Waals surface area contributed by atoms with Gasteiger partial charge in [0.1, 0.15) is 17.6 Å². The van der Waals surface area contributed by atoms with E-state index in [2.05, 4.69) is 15.0 Å². The Morgan fingerprint density at radius 1 is 1.21 bits per heavy atom. The van der Waals surface area contributed by atoms with Crippen molar-refractivity contribution in [3.8, 4) is 17.2 Å². The second-order valence-electron chi connectivity index (χ2n) is 10.9. The lowest BCUT2D eigenvalue weighted by Gasteiger charge is -2.37. The molecule has 1 saturated heterocycles. The van der Waals surface area contributed by atoms with Crippen molar-refractivity contribution < 1.29 is 17.6 Å². The first-order valence-corrected chi connectivity index (χ1v) is 16.1. The quantitative estimate of drug-likeness (QED) is 0.272. The zero-order chi connectivity index (χ0) is 31.3. The summed E-state index contributed by atoms with van der Waals surface area (Å²) in [5.41, 5.74) is 3.21. The van der Waals surface area contributed by atoms with Crippen molar-refractivity contribution in [1.29, 1.82) is 10.7 Å². The second kappa shape index (κ2) is 11.4. The maximum Gasteiger partial charge on any atom is 0.256 e. The number of hydrogen-bond acceptors (Lipinski definition) is 6. The van der Waals surface area contributed by atoms with Gasteiger partial charge in [-0.1, -0.05) is 23.2 Å². The molecule has 3 aromatic rings. The second-order valence-corrected chi connectivity index (χ2v) is 13.4. The van der Waals surface area contributed by atoms with Crippen LogP contribution >= 0.6 is 23.2 Å². The fourth-order valence-corrected chi connectivity index (χ4v) is 7.20. The summed E-state index contributed by atoms with van der Waals surface area (Å²) < 4.78 is 41.5. The van der Waals surface area contributed by atoms with E-state index in [1.807, 2.05) is 12.1 Å². The number of sulfonamides is 1. The molecule has 13 heteroatoms. The Morgan fingerprint density at radius 3 is 2.53 bits per heavy atom. The summed E-state index contributed by atoms with van der Waals surface area (Å²) >= 11 is 13.1. The Bertz CT molecular complexity index is 1840. The number of hydrogen-bond donors (Lipinski definition) is 4. The number of nitriles is 1. The minimum absolute atomic E-state index is 0.0371. The molecule has 1 atom stereocenters. The van der Waals surface area contributed by atoms with Gasteiger partial charge in [0, 0.05) is 47.2 Å². The number of rotatable bonds is 7. The van der Waals surface area contributed by atoms with E-state index in [-0.39, 0.29) is 34.1 Å². The number of H-pyrrole nitrogens is 1. The molecular weight excluding hydrogens is 614 g/mol. The Morgan fingerprint density at radius 2 is 1.93 bits per heavy atom. The van der Waals surface area contributed by atoms with Crippen molar-refractivity contribution in [2.45, 2.75) is 37.8 Å². The number of amides is 1. The molecule has 2 aromatic carbocycles. The molecule has 2 heterocycles. The first-order chi connectivity index (χ1) is 20.3. The van der Waals surface area contributed by atoms with Crippen molar-refractivity contribution in [1.82, 2.24) is 19.9 Å². The minimum Gasteiger partial charge on any atom is -0.387 e. The molecule has 0 bridgehead atoms. The zero-order valence-electron chi connectivity index (χ0n) is 23.6. The third kappa shape index (κ3) is 6.06. The molecule has 1 amide bonds. The third-order valence-electron chi connectivity index (χ3n) is 7.88. The van der Waals surface area contributed by atoms with E-state index >= 15 is 0 Å². The van der Waals surface area contributed by atoms with Gasteiger partial charge in [0.15, 0.2) is 0 Å². The molecule has 9 nitrogen and oxygen atoms in total. The highest BCUT2D eigenvalue weighted by Crippen LogP contribution is 2.47. The highest BCUT2D eigenvalue weighted by molar-refractivity contribution is 7.88. The van der Waals surface area contributed by atoms with E-state index < -0.39 is 33.3 Å². The molecule has 4 N–H and O–H groups in total. The maximum atomic E-state index is 14.7. The fourth-order valence-electron chi connectivity index (χ4n) is 5.64. The van der Waals surface area contributed by atoms with Crippen molar-refractivity contribution in [2.24, 2.45) is 0 Å². The number of carbonyl (C=O) groups is 1. The lowest BCUT2D eigenvalue weighted by Crippen LogP contribution is -2.48. The number of nitrogens with zero attached hydrogens (tertiary/aromatic N) is 2. The van der Waals surface area contributed by atoms with Crippen molar-refractivity contribution in [2.75, 3.05) is 19.8 Å². The van der Waals surface area contributed by atoms with Gasteiger partial charge in [0.05, 0.1) is 34.1 Å². The van der Waals surface area contributed by atoms with E-state index in [9.17, 15) is 17.6 Å². The number of likely N-dealkylation sites (tertiary alicyclic amines) is 1. The maximum absolute atomic E-state index is 14.7.